The van der Waals surface area contributed by atoms with E-state index in [4.69, 9.17) is 5.73 Å². The lowest BCUT2D eigenvalue weighted by Gasteiger charge is -2.21. The molecule has 0 aromatic heterocycles. The minimum Gasteiger partial charge on any atom is -0.361 e. The first-order valence-corrected chi connectivity index (χ1v) is 3.91. The molecular formula is C9H11NO2. The van der Waals surface area contributed by atoms with Crippen LogP contribution in [0, 0.1) is 0 Å². The molecule has 2 rings (SSSR count). The Hall–Kier alpha value is -0.900. The van der Waals surface area contributed by atoms with E-state index < -0.39 is 11.8 Å². The van der Waals surface area contributed by atoms with Crippen LogP contribution in [-0.4, -0.2) is 16.3 Å². The van der Waals surface area contributed by atoms with Crippen molar-refractivity contribution >= 4 is 0 Å². The van der Waals surface area contributed by atoms with Crippen molar-refractivity contribution in [2.45, 2.75) is 18.2 Å². The van der Waals surface area contributed by atoms with E-state index in [1.165, 1.54) is 0 Å². The second kappa shape index (κ2) is 2.29. The molecule has 0 heterocycles. The van der Waals surface area contributed by atoms with Crippen LogP contribution in [-0.2, 0) is 12.2 Å². The predicted molar refractivity (Wildman–Crippen MR) is 44.2 cm³/mol. The van der Waals surface area contributed by atoms with Crippen molar-refractivity contribution in [3.05, 3.63) is 35.4 Å². The smallest absolute Gasteiger partial charge is 0.206 e. The predicted octanol–water partition coefficient (Wildman–Crippen LogP) is -0.293. The Morgan fingerprint density at radius 1 is 1.33 bits per heavy atom. The second-order valence-corrected chi connectivity index (χ2v) is 3.19. The molecule has 0 aliphatic heterocycles. The molecule has 64 valence electrons. The molecule has 0 fully saturated rings. The molecule has 4 N–H and O–H groups in total. The average Bonchev–Trinajstić information content (AvgIpc) is 2.25. The zero-order valence-electron chi connectivity index (χ0n) is 6.57. The molecule has 3 nitrogen and oxygen atoms in total. The normalized spacial score (nSPS) is 25.4. The number of hydrogen-bond donors (Lipinski definition) is 3. The van der Waals surface area contributed by atoms with Crippen LogP contribution in [0.15, 0.2) is 24.3 Å². The van der Waals surface area contributed by atoms with Crippen LogP contribution in [0.4, 0.5) is 0 Å². The summed E-state index contributed by atoms with van der Waals surface area (Å²) in [6.45, 7) is 0. The van der Waals surface area contributed by atoms with Crippen molar-refractivity contribution in [2.24, 2.45) is 5.73 Å². The fourth-order valence-electron chi connectivity index (χ4n) is 1.64. The van der Waals surface area contributed by atoms with Gasteiger partial charge in [-0.25, -0.2) is 0 Å². The number of rotatable bonds is 0. The first-order chi connectivity index (χ1) is 5.62. The van der Waals surface area contributed by atoms with Gasteiger partial charge < -0.3 is 15.9 Å². The molecule has 3 heteroatoms. The van der Waals surface area contributed by atoms with E-state index in [0.29, 0.717) is 12.0 Å². The minimum atomic E-state index is -1.84. The largest absolute Gasteiger partial charge is 0.361 e. The number of nitrogens with two attached hydrogens (primary N) is 1. The Bertz CT molecular complexity index is 309. The summed E-state index contributed by atoms with van der Waals surface area (Å²) in [6, 6.07) is 6.60. The maximum Gasteiger partial charge on any atom is 0.206 e. The molecule has 1 unspecified atom stereocenters. The van der Waals surface area contributed by atoms with Crippen molar-refractivity contribution in [1.29, 1.82) is 0 Å². The first-order valence-electron chi connectivity index (χ1n) is 3.91. The van der Waals surface area contributed by atoms with Crippen LogP contribution in [0.3, 0.4) is 0 Å². The van der Waals surface area contributed by atoms with Gasteiger partial charge in [0.15, 0.2) is 0 Å². The lowest BCUT2D eigenvalue weighted by molar-refractivity contribution is -0.177. The third-order valence-electron chi connectivity index (χ3n) is 2.37. The molecule has 0 spiro atoms. The summed E-state index contributed by atoms with van der Waals surface area (Å²) in [5.41, 5.74) is 7.03. The van der Waals surface area contributed by atoms with E-state index in [1.54, 1.807) is 12.1 Å². The Morgan fingerprint density at radius 2 is 2.00 bits per heavy atom. The molecule has 1 atom stereocenters. The zero-order valence-corrected chi connectivity index (χ0v) is 6.57. The standard InChI is InChI=1S/C9H11NO2/c10-8-5-6-3-1-2-4-7(6)9(8,11)12/h1-4,8,11-12H,5,10H2. The molecule has 0 amide bonds. The van der Waals surface area contributed by atoms with Gasteiger partial charge in [-0.3, -0.25) is 0 Å². The SMILES string of the molecule is NC1Cc2ccccc2C1(O)O. The van der Waals surface area contributed by atoms with E-state index in [2.05, 4.69) is 0 Å². The second-order valence-electron chi connectivity index (χ2n) is 3.19. The van der Waals surface area contributed by atoms with Crippen molar-refractivity contribution in [2.75, 3.05) is 0 Å². The summed E-state index contributed by atoms with van der Waals surface area (Å²) < 4.78 is 0. The highest BCUT2D eigenvalue weighted by atomic mass is 16.5. The molecule has 1 aliphatic carbocycles. The number of hydrogen-bond acceptors (Lipinski definition) is 3. The molecule has 1 aliphatic rings. The Morgan fingerprint density at radius 3 is 2.67 bits per heavy atom. The molecule has 1 aromatic carbocycles. The van der Waals surface area contributed by atoms with Gasteiger partial charge in [0.05, 0.1) is 6.04 Å². The lowest BCUT2D eigenvalue weighted by atomic mass is 10.1. The molecule has 0 saturated carbocycles. The summed E-state index contributed by atoms with van der Waals surface area (Å²) in [5, 5.41) is 19.1. The van der Waals surface area contributed by atoms with Crippen molar-refractivity contribution in [3.8, 4) is 0 Å². The van der Waals surface area contributed by atoms with E-state index in [0.717, 1.165) is 5.56 Å². The van der Waals surface area contributed by atoms with Gasteiger partial charge in [0, 0.05) is 5.56 Å². The zero-order chi connectivity index (χ0) is 8.77. The van der Waals surface area contributed by atoms with Crippen LogP contribution in [0.1, 0.15) is 11.1 Å². The highest BCUT2D eigenvalue weighted by molar-refractivity contribution is 5.37. The van der Waals surface area contributed by atoms with E-state index >= 15 is 0 Å². The van der Waals surface area contributed by atoms with Crippen LogP contribution in [0.25, 0.3) is 0 Å². The summed E-state index contributed by atoms with van der Waals surface area (Å²) in [6.07, 6.45) is 0.531. The van der Waals surface area contributed by atoms with Gasteiger partial charge in [0.25, 0.3) is 0 Å². The van der Waals surface area contributed by atoms with Crippen molar-refractivity contribution in [3.63, 3.8) is 0 Å². The molecule has 0 saturated heterocycles. The highest BCUT2D eigenvalue weighted by Crippen LogP contribution is 2.33. The molecule has 0 radical (unpaired) electrons. The third kappa shape index (κ3) is 0.876. The minimum absolute atomic E-state index is 0.531. The molecule has 1 aromatic rings. The fourth-order valence-corrected chi connectivity index (χ4v) is 1.64. The van der Waals surface area contributed by atoms with Crippen LogP contribution < -0.4 is 5.73 Å². The van der Waals surface area contributed by atoms with E-state index in [9.17, 15) is 10.2 Å². The molecule has 12 heavy (non-hydrogen) atoms. The van der Waals surface area contributed by atoms with E-state index in [1.807, 2.05) is 12.1 Å². The van der Waals surface area contributed by atoms with Gasteiger partial charge in [-0.15, -0.1) is 0 Å². The van der Waals surface area contributed by atoms with Gasteiger partial charge in [-0.1, -0.05) is 24.3 Å². The average molecular weight is 165 g/mol. The summed E-state index contributed by atoms with van der Waals surface area (Å²) >= 11 is 0. The quantitative estimate of drug-likeness (QED) is 0.463. The van der Waals surface area contributed by atoms with Crippen LogP contribution in [0.2, 0.25) is 0 Å². The van der Waals surface area contributed by atoms with Crippen molar-refractivity contribution < 1.29 is 10.2 Å². The third-order valence-corrected chi connectivity index (χ3v) is 2.37. The summed E-state index contributed by atoms with van der Waals surface area (Å²) in [5.74, 6) is -1.84. The van der Waals surface area contributed by atoms with E-state index in [-0.39, 0.29) is 0 Å². The fraction of sp³-hybridized carbons (Fsp3) is 0.333. The van der Waals surface area contributed by atoms with Crippen LogP contribution in [0.5, 0.6) is 0 Å². The van der Waals surface area contributed by atoms with Gasteiger partial charge in [0.2, 0.25) is 5.79 Å². The number of fused-ring (bicyclic) bond motifs is 1. The Labute approximate surface area is 70.4 Å². The maximum absolute atomic E-state index is 9.55. The first kappa shape index (κ1) is 7.73. The monoisotopic (exact) mass is 165 g/mol. The lowest BCUT2D eigenvalue weighted by Crippen LogP contribution is -2.41. The van der Waals surface area contributed by atoms with Gasteiger partial charge in [0.1, 0.15) is 0 Å². The number of benzene rings is 1. The van der Waals surface area contributed by atoms with Crippen molar-refractivity contribution in [1.82, 2.24) is 0 Å². The summed E-state index contributed by atoms with van der Waals surface area (Å²) in [4.78, 5) is 0. The van der Waals surface area contributed by atoms with Crippen LogP contribution >= 0.6 is 0 Å². The number of aliphatic hydroxyl groups is 2. The summed E-state index contributed by atoms with van der Waals surface area (Å²) in [7, 11) is 0. The maximum atomic E-state index is 9.55. The Balaban J connectivity index is 2.55. The van der Waals surface area contributed by atoms with Gasteiger partial charge >= 0.3 is 0 Å². The van der Waals surface area contributed by atoms with Gasteiger partial charge in [-0.05, 0) is 12.0 Å². The highest BCUT2D eigenvalue weighted by Gasteiger charge is 2.41. The molecular weight excluding hydrogens is 154 g/mol. The molecule has 0 bridgehead atoms. The Kier molecular flexibility index (Phi) is 1.48. The van der Waals surface area contributed by atoms with Gasteiger partial charge in [-0.2, -0.15) is 0 Å². The topological polar surface area (TPSA) is 66.5 Å².